The Labute approximate surface area is 133 Å². The zero-order valence-corrected chi connectivity index (χ0v) is 12.5. The fourth-order valence-electron chi connectivity index (χ4n) is 4.23. The summed E-state index contributed by atoms with van der Waals surface area (Å²) in [6.07, 6.45) is 3.87. The van der Waals surface area contributed by atoms with Crippen molar-refractivity contribution >= 4 is 17.7 Å². The van der Waals surface area contributed by atoms with Crippen LogP contribution < -0.4 is 10.2 Å². The van der Waals surface area contributed by atoms with Gasteiger partial charge in [-0.2, -0.15) is 0 Å². The predicted octanol–water partition coefficient (Wildman–Crippen LogP) is 2.11. The lowest BCUT2D eigenvalue weighted by molar-refractivity contribution is -0.150. The summed E-state index contributed by atoms with van der Waals surface area (Å²) in [5, 5.41) is 2.50. The lowest BCUT2D eigenvalue weighted by atomic mass is 9.63. The lowest BCUT2D eigenvalue weighted by Crippen LogP contribution is -2.73. The van der Waals surface area contributed by atoms with Crippen molar-refractivity contribution in [2.75, 3.05) is 11.4 Å². The number of furan rings is 1. The minimum Gasteiger partial charge on any atom is -0.448 e. The molecule has 5 heteroatoms. The van der Waals surface area contributed by atoms with Crippen LogP contribution in [0.4, 0.5) is 5.88 Å². The number of nitrogens with one attached hydrogen (secondary N) is 1. The van der Waals surface area contributed by atoms with Gasteiger partial charge in [0.05, 0.1) is 0 Å². The van der Waals surface area contributed by atoms with Crippen molar-refractivity contribution in [3.05, 3.63) is 42.2 Å². The van der Waals surface area contributed by atoms with Crippen LogP contribution in [0.25, 0.3) is 11.1 Å². The van der Waals surface area contributed by atoms with Crippen LogP contribution in [-0.4, -0.2) is 23.9 Å². The van der Waals surface area contributed by atoms with E-state index in [1.807, 2.05) is 18.2 Å². The number of hydrogen-bond acceptors (Lipinski definition) is 4. The van der Waals surface area contributed by atoms with Crippen molar-refractivity contribution in [2.45, 2.75) is 24.8 Å². The van der Waals surface area contributed by atoms with E-state index in [0.717, 1.165) is 30.0 Å². The van der Waals surface area contributed by atoms with Crippen LogP contribution in [0.5, 0.6) is 0 Å². The Hall–Kier alpha value is -2.56. The number of benzene rings is 1. The van der Waals surface area contributed by atoms with Gasteiger partial charge >= 0.3 is 0 Å². The number of amides is 2. The molecule has 0 spiro atoms. The predicted molar refractivity (Wildman–Crippen MR) is 83.8 cm³/mol. The number of nitrogens with zero attached hydrogens (tertiary/aromatic N) is 1. The molecule has 2 amide bonds. The van der Waals surface area contributed by atoms with Gasteiger partial charge in [0.25, 0.3) is 5.91 Å². The van der Waals surface area contributed by atoms with Gasteiger partial charge in [0, 0.05) is 23.6 Å². The summed E-state index contributed by atoms with van der Waals surface area (Å²) in [5.41, 5.74) is 2.81. The molecule has 2 aromatic rings. The largest absolute Gasteiger partial charge is 0.448 e. The fourth-order valence-corrected chi connectivity index (χ4v) is 4.23. The molecule has 4 heterocycles. The molecule has 1 aromatic carbocycles. The van der Waals surface area contributed by atoms with Crippen molar-refractivity contribution in [1.29, 1.82) is 0 Å². The molecule has 0 atom stereocenters. The Morgan fingerprint density at radius 3 is 2.70 bits per heavy atom. The molecular formula is C18H16N2O3. The second kappa shape index (κ2) is 4.25. The second-order valence-corrected chi connectivity index (χ2v) is 6.66. The van der Waals surface area contributed by atoms with Gasteiger partial charge in [0.1, 0.15) is 11.8 Å². The number of imide groups is 1. The van der Waals surface area contributed by atoms with E-state index in [1.165, 1.54) is 5.56 Å². The summed E-state index contributed by atoms with van der Waals surface area (Å²) in [5.74, 6) is 0.475. The number of rotatable bonds is 2. The lowest BCUT2D eigenvalue weighted by Gasteiger charge is -2.54. The number of anilines is 1. The molecule has 2 saturated heterocycles. The molecule has 2 bridgehead atoms. The molecule has 4 aliphatic rings. The molecule has 23 heavy (non-hydrogen) atoms. The zero-order chi connectivity index (χ0) is 15.6. The normalized spacial score (nSPS) is 28.3. The van der Waals surface area contributed by atoms with E-state index in [4.69, 9.17) is 4.42 Å². The molecular weight excluding hydrogens is 292 g/mol. The molecule has 5 nitrogen and oxygen atoms in total. The van der Waals surface area contributed by atoms with E-state index >= 15 is 0 Å². The first-order chi connectivity index (χ1) is 11.2. The average Bonchev–Trinajstić information content (AvgIpc) is 3.09. The first-order valence-electron chi connectivity index (χ1n) is 7.98. The van der Waals surface area contributed by atoms with Crippen LogP contribution in [0.15, 0.2) is 41.0 Å². The monoisotopic (exact) mass is 308 g/mol. The van der Waals surface area contributed by atoms with Gasteiger partial charge < -0.3 is 9.32 Å². The highest BCUT2D eigenvalue weighted by atomic mass is 16.3. The van der Waals surface area contributed by atoms with Gasteiger partial charge in [-0.25, -0.2) is 0 Å². The summed E-state index contributed by atoms with van der Waals surface area (Å²) in [7, 11) is 0. The number of fused-ring (bicyclic) bond motifs is 3. The van der Waals surface area contributed by atoms with Gasteiger partial charge in [0.15, 0.2) is 5.88 Å². The maximum Gasteiger partial charge on any atom is 0.252 e. The van der Waals surface area contributed by atoms with E-state index < -0.39 is 5.54 Å². The topological polar surface area (TPSA) is 62.6 Å². The highest BCUT2D eigenvalue weighted by Gasteiger charge is 2.62. The van der Waals surface area contributed by atoms with Crippen molar-refractivity contribution in [2.24, 2.45) is 5.92 Å². The Morgan fingerprint density at radius 1 is 1.17 bits per heavy atom. The molecule has 3 fully saturated rings. The molecule has 1 N–H and O–H groups in total. The van der Waals surface area contributed by atoms with Crippen LogP contribution in [0, 0.1) is 5.92 Å². The Balaban J connectivity index is 1.53. The molecule has 3 aliphatic heterocycles. The summed E-state index contributed by atoms with van der Waals surface area (Å²) in [6.45, 7) is 0.767. The highest BCUT2D eigenvalue weighted by Crippen LogP contribution is 2.51. The van der Waals surface area contributed by atoms with Gasteiger partial charge in [0.2, 0.25) is 5.91 Å². The molecule has 1 aliphatic carbocycles. The number of hydrogen-bond donors (Lipinski definition) is 1. The van der Waals surface area contributed by atoms with Crippen molar-refractivity contribution in [3.63, 3.8) is 0 Å². The number of carbonyl (C=O) groups is 2. The molecule has 0 radical (unpaired) electrons. The quantitative estimate of drug-likeness (QED) is 0.863. The number of carbonyl (C=O) groups excluding carboxylic acids is 2. The SMILES string of the molecule is O=C1NC(=O)C2(N3CCc4c(-c5ccccc5)coc43)CC1C2. The van der Waals surface area contributed by atoms with E-state index in [1.54, 1.807) is 6.26 Å². The second-order valence-electron chi connectivity index (χ2n) is 6.66. The van der Waals surface area contributed by atoms with Crippen LogP contribution >= 0.6 is 0 Å². The van der Waals surface area contributed by atoms with E-state index in [-0.39, 0.29) is 17.7 Å². The summed E-state index contributed by atoms with van der Waals surface area (Å²) >= 11 is 0. The minimum absolute atomic E-state index is 0.0275. The molecule has 1 aromatic heterocycles. The van der Waals surface area contributed by atoms with E-state index in [2.05, 4.69) is 22.3 Å². The van der Waals surface area contributed by atoms with Crippen LogP contribution in [0.3, 0.4) is 0 Å². The third kappa shape index (κ3) is 1.57. The summed E-state index contributed by atoms with van der Waals surface area (Å²) < 4.78 is 5.85. The Bertz CT molecular complexity index is 818. The molecule has 6 rings (SSSR count). The molecule has 0 unspecified atom stereocenters. The first-order valence-corrected chi connectivity index (χ1v) is 7.98. The standard InChI is InChI=1S/C18H16N2O3/c21-15-12-8-18(9-12,17(22)19-15)20-7-6-13-14(10-23-16(13)20)11-4-2-1-3-5-11/h1-5,10,12H,6-9H2,(H,19,21,22). The minimum atomic E-state index is -0.588. The van der Waals surface area contributed by atoms with Crippen LogP contribution in [0.1, 0.15) is 18.4 Å². The first kappa shape index (κ1) is 12.9. The third-order valence-corrected chi connectivity index (χ3v) is 5.50. The fraction of sp³-hybridized carbons (Fsp3) is 0.333. The van der Waals surface area contributed by atoms with E-state index in [0.29, 0.717) is 12.8 Å². The van der Waals surface area contributed by atoms with Gasteiger partial charge in [-0.05, 0) is 24.8 Å². The third-order valence-electron chi connectivity index (χ3n) is 5.50. The van der Waals surface area contributed by atoms with Gasteiger partial charge in [-0.1, -0.05) is 30.3 Å². The van der Waals surface area contributed by atoms with Gasteiger partial charge in [-0.15, -0.1) is 0 Å². The Kier molecular flexibility index (Phi) is 2.39. The van der Waals surface area contributed by atoms with Gasteiger partial charge in [-0.3, -0.25) is 14.9 Å². The van der Waals surface area contributed by atoms with E-state index in [9.17, 15) is 9.59 Å². The maximum atomic E-state index is 12.4. The van der Waals surface area contributed by atoms with Crippen LogP contribution in [-0.2, 0) is 16.0 Å². The molecule has 116 valence electrons. The van der Waals surface area contributed by atoms with Crippen molar-refractivity contribution in [3.8, 4) is 11.1 Å². The smallest absolute Gasteiger partial charge is 0.252 e. The molecule has 1 saturated carbocycles. The Morgan fingerprint density at radius 2 is 1.96 bits per heavy atom. The zero-order valence-electron chi connectivity index (χ0n) is 12.5. The van der Waals surface area contributed by atoms with Crippen molar-refractivity contribution in [1.82, 2.24) is 5.32 Å². The van der Waals surface area contributed by atoms with Crippen LogP contribution in [0.2, 0.25) is 0 Å². The highest BCUT2D eigenvalue weighted by molar-refractivity contribution is 6.09. The average molecular weight is 308 g/mol. The summed E-state index contributed by atoms with van der Waals surface area (Å²) in [6, 6.07) is 10.1. The summed E-state index contributed by atoms with van der Waals surface area (Å²) in [4.78, 5) is 26.2. The number of piperidine rings is 2. The maximum absolute atomic E-state index is 12.4. The van der Waals surface area contributed by atoms with Crippen molar-refractivity contribution < 1.29 is 14.0 Å².